The fraction of sp³-hybridized carbons (Fsp3) is 0.690. The molecule has 1 fully saturated rings. The van der Waals surface area contributed by atoms with Crippen LogP contribution in [0.4, 0.5) is 0 Å². The van der Waals surface area contributed by atoms with Crippen LogP contribution < -0.4 is 4.73 Å². The SMILES string of the molecule is CCCCCCCCOC(=O)c1cc[n+]([O-])c(CN2CCN(CC(=O)O)CCN(CC(=O)O)CCN(CC(=O)O)CC2)c1. The average molecular weight is 610 g/mol. The maximum absolute atomic E-state index is 12.7. The molecule has 43 heavy (non-hydrogen) atoms. The third-order valence-electron chi connectivity index (χ3n) is 7.35. The molecule has 14 heteroatoms. The van der Waals surface area contributed by atoms with Crippen molar-refractivity contribution in [1.82, 2.24) is 19.6 Å². The smallest absolute Gasteiger partial charge is 0.338 e. The molecule has 1 aromatic heterocycles. The lowest BCUT2D eigenvalue weighted by Crippen LogP contribution is -2.49. The molecular weight excluding hydrogens is 562 g/mol. The molecule has 1 saturated heterocycles. The molecule has 3 N–H and O–H groups in total. The Kier molecular flexibility index (Phi) is 16.5. The van der Waals surface area contributed by atoms with E-state index >= 15 is 0 Å². The number of aliphatic carboxylic acids is 3. The van der Waals surface area contributed by atoms with Crippen molar-refractivity contribution >= 4 is 23.9 Å². The van der Waals surface area contributed by atoms with Gasteiger partial charge in [-0.25, -0.2) is 4.79 Å². The zero-order valence-corrected chi connectivity index (χ0v) is 25.2. The van der Waals surface area contributed by atoms with Gasteiger partial charge in [0.1, 0.15) is 0 Å². The minimum absolute atomic E-state index is 0.148. The molecule has 242 valence electrons. The molecule has 0 unspecified atom stereocenters. The summed E-state index contributed by atoms with van der Waals surface area (Å²) >= 11 is 0. The first-order valence-corrected chi connectivity index (χ1v) is 15.0. The van der Waals surface area contributed by atoms with Gasteiger partial charge in [-0.1, -0.05) is 39.0 Å². The Bertz CT molecular complexity index is 1010. The number of hydrogen-bond donors (Lipinski definition) is 3. The third kappa shape index (κ3) is 15.1. The van der Waals surface area contributed by atoms with Crippen molar-refractivity contribution in [2.24, 2.45) is 0 Å². The van der Waals surface area contributed by atoms with E-state index in [4.69, 9.17) is 4.74 Å². The highest BCUT2D eigenvalue weighted by Gasteiger charge is 2.22. The van der Waals surface area contributed by atoms with Gasteiger partial charge in [0.05, 0.1) is 38.3 Å². The molecule has 1 aliphatic heterocycles. The lowest BCUT2D eigenvalue weighted by Gasteiger charge is -2.32. The van der Waals surface area contributed by atoms with Crippen molar-refractivity contribution < 1.29 is 44.0 Å². The summed E-state index contributed by atoms with van der Waals surface area (Å²) < 4.78 is 6.09. The van der Waals surface area contributed by atoms with Crippen molar-refractivity contribution in [1.29, 1.82) is 0 Å². The van der Waals surface area contributed by atoms with E-state index in [0.29, 0.717) is 69.4 Å². The van der Waals surface area contributed by atoms with E-state index in [0.717, 1.165) is 32.1 Å². The fourth-order valence-corrected chi connectivity index (χ4v) is 4.92. The second kappa shape index (κ2) is 19.8. The zero-order valence-electron chi connectivity index (χ0n) is 25.2. The number of rotatable bonds is 16. The highest BCUT2D eigenvalue weighted by Crippen LogP contribution is 2.10. The second-order valence-corrected chi connectivity index (χ2v) is 10.9. The third-order valence-corrected chi connectivity index (χ3v) is 7.35. The van der Waals surface area contributed by atoms with E-state index < -0.39 is 23.9 Å². The predicted octanol–water partition coefficient (Wildman–Crippen LogP) is 0.813. The quantitative estimate of drug-likeness (QED) is 0.104. The Labute approximate surface area is 253 Å². The summed E-state index contributed by atoms with van der Waals surface area (Å²) in [5.74, 6) is -3.55. The normalized spacial score (nSPS) is 16.7. The zero-order chi connectivity index (χ0) is 31.6. The van der Waals surface area contributed by atoms with Crippen molar-refractivity contribution in [3.8, 4) is 0 Å². The lowest BCUT2D eigenvalue weighted by atomic mass is 10.1. The van der Waals surface area contributed by atoms with Gasteiger partial charge in [-0.2, -0.15) is 4.73 Å². The van der Waals surface area contributed by atoms with Crippen molar-refractivity contribution in [2.75, 3.05) is 78.6 Å². The Hall–Kier alpha value is -3.33. The van der Waals surface area contributed by atoms with Crippen molar-refractivity contribution in [2.45, 2.75) is 52.0 Å². The van der Waals surface area contributed by atoms with Gasteiger partial charge < -0.3 is 25.3 Å². The van der Waals surface area contributed by atoms with Crippen LogP contribution in [0, 0.1) is 5.21 Å². The second-order valence-electron chi connectivity index (χ2n) is 10.9. The van der Waals surface area contributed by atoms with Crippen molar-refractivity contribution in [3.05, 3.63) is 34.8 Å². The lowest BCUT2D eigenvalue weighted by molar-refractivity contribution is -0.615. The number of hydrogen-bond acceptors (Lipinski definition) is 10. The molecule has 0 atom stereocenters. The molecule has 0 spiro atoms. The first-order chi connectivity index (χ1) is 20.6. The summed E-state index contributed by atoms with van der Waals surface area (Å²) in [4.78, 5) is 54.1. The number of aromatic nitrogens is 1. The molecular formula is C29H47N5O9. The number of nitrogens with zero attached hydrogens (tertiary/aromatic N) is 5. The molecule has 1 aliphatic rings. The largest absolute Gasteiger partial charge is 0.618 e. The number of carbonyl (C=O) groups is 4. The minimum Gasteiger partial charge on any atom is -0.618 e. The predicted molar refractivity (Wildman–Crippen MR) is 157 cm³/mol. The molecule has 0 aliphatic carbocycles. The summed E-state index contributed by atoms with van der Waals surface area (Å²) in [5, 5.41) is 40.8. The van der Waals surface area contributed by atoms with Gasteiger partial charge in [-0.3, -0.25) is 34.0 Å². The van der Waals surface area contributed by atoms with E-state index in [1.807, 2.05) is 4.90 Å². The summed E-state index contributed by atoms with van der Waals surface area (Å²) in [6, 6.07) is 2.92. The van der Waals surface area contributed by atoms with Gasteiger partial charge in [-0.15, -0.1) is 0 Å². The number of ether oxygens (including phenoxy) is 1. The van der Waals surface area contributed by atoms with Gasteiger partial charge in [0.25, 0.3) is 0 Å². The number of pyridine rings is 1. The Morgan fingerprint density at radius 2 is 1.19 bits per heavy atom. The molecule has 2 heterocycles. The number of carboxylic acid groups (broad SMARTS) is 3. The first kappa shape index (κ1) is 35.9. The Morgan fingerprint density at radius 1 is 0.744 bits per heavy atom. The van der Waals surface area contributed by atoms with Gasteiger partial charge in [0.2, 0.25) is 5.69 Å². The molecule has 0 bridgehead atoms. The van der Waals surface area contributed by atoms with Gasteiger partial charge in [-0.05, 0) is 6.42 Å². The van der Waals surface area contributed by atoms with Crippen LogP contribution in [0.2, 0.25) is 0 Å². The number of carbonyl (C=O) groups excluding carboxylic acids is 1. The maximum atomic E-state index is 12.7. The standard InChI is InChI=1S/C29H47N5O9/c1-2-3-4-5-6-7-18-43-29(41)24-8-9-34(42)25(19-24)20-30-10-12-31(21-26(35)36)14-16-33(23-28(39)40)17-15-32(13-11-30)22-27(37)38/h8-9,19H,2-7,10-18,20-23H2,1H3,(H,35,36)(H,37,38)(H,39,40). The summed E-state index contributed by atoms with van der Waals surface area (Å²) in [7, 11) is 0. The molecule has 1 aromatic rings. The van der Waals surface area contributed by atoms with Gasteiger partial charge in [0.15, 0.2) is 6.20 Å². The Morgan fingerprint density at radius 3 is 1.65 bits per heavy atom. The molecule has 0 radical (unpaired) electrons. The summed E-state index contributed by atoms with van der Waals surface area (Å²) in [6.45, 7) is 4.46. The van der Waals surface area contributed by atoms with Gasteiger partial charge in [0, 0.05) is 64.5 Å². The molecule has 2 rings (SSSR count). The van der Waals surface area contributed by atoms with E-state index in [1.165, 1.54) is 24.8 Å². The monoisotopic (exact) mass is 609 g/mol. The van der Waals surface area contributed by atoms with Crippen LogP contribution in [-0.2, 0) is 25.7 Å². The van der Waals surface area contributed by atoms with E-state index in [-0.39, 0.29) is 31.7 Å². The van der Waals surface area contributed by atoms with Crippen LogP contribution in [0.3, 0.4) is 0 Å². The molecule has 0 amide bonds. The topological polar surface area (TPSA) is 178 Å². The number of esters is 1. The minimum atomic E-state index is -1.02. The molecule has 0 saturated carbocycles. The van der Waals surface area contributed by atoms with E-state index in [2.05, 4.69) is 6.92 Å². The molecule has 0 aromatic carbocycles. The Balaban J connectivity index is 2.13. The average Bonchev–Trinajstić information content (AvgIpc) is 2.94. The molecule has 14 nitrogen and oxygen atoms in total. The highest BCUT2D eigenvalue weighted by atomic mass is 16.5. The first-order valence-electron chi connectivity index (χ1n) is 15.0. The van der Waals surface area contributed by atoms with Crippen LogP contribution in [-0.4, -0.2) is 137 Å². The van der Waals surface area contributed by atoms with Crippen LogP contribution in [0.25, 0.3) is 0 Å². The summed E-state index contributed by atoms with van der Waals surface area (Å²) in [5.41, 5.74) is 0.573. The van der Waals surface area contributed by atoms with Crippen LogP contribution in [0.5, 0.6) is 0 Å². The van der Waals surface area contributed by atoms with E-state index in [9.17, 15) is 39.7 Å². The summed E-state index contributed by atoms with van der Waals surface area (Å²) in [6.07, 6.45) is 7.64. The fourth-order valence-electron chi connectivity index (χ4n) is 4.92. The maximum Gasteiger partial charge on any atom is 0.338 e. The number of unbranched alkanes of at least 4 members (excludes halogenated alkanes) is 5. The van der Waals surface area contributed by atoms with Crippen LogP contribution in [0.1, 0.15) is 61.5 Å². The van der Waals surface area contributed by atoms with Crippen LogP contribution >= 0.6 is 0 Å². The van der Waals surface area contributed by atoms with E-state index in [1.54, 1.807) is 14.7 Å². The van der Waals surface area contributed by atoms with Crippen LogP contribution in [0.15, 0.2) is 18.3 Å². The van der Waals surface area contributed by atoms with Crippen molar-refractivity contribution in [3.63, 3.8) is 0 Å². The van der Waals surface area contributed by atoms with Gasteiger partial charge >= 0.3 is 23.9 Å². The number of carboxylic acids is 3. The highest BCUT2D eigenvalue weighted by molar-refractivity contribution is 5.89.